The van der Waals surface area contributed by atoms with Crippen molar-refractivity contribution in [1.82, 2.24) is 0 Å². The number of rotatable bonds is 3. The molecule has 0 aliphatic carbocycles. The van der Waals surface area contributed by atoms with Crippen LogP contribution in [0.1, 0.15) is 15.9 Å². The minimum atomic E-state index is -0.187. The summed E-state index contributed by atoms with van der Waals surface area (Å²) in [5.74, 6) is 0.483. The maximum atomic E-state index is 12.2. The van der Waals surface area contributed by atoms with Gasteiger partial charge in [-0.15, -0.1) is 0 Å². The largest absolute Gasteiger partial charge is 0.497 e. The third-order valence-corrected chi connectivity index (χ3v) is 3.35. The Kier molecular flexibility index (Phi) is 4.29. The molecule has 104 valence electrons. The van der Waals surface area contributed by atoms with E-state index in [-0.39, 0.29) is 5.91 Å². The SMILES string of the molecule is COc1cc(Br)cc(NC(=O)c2ccc(N)c(C)c2)c1. The Balaban J connectivity index is 2.23. The molecule has 0 bridgehead atoms. The molecule has 0 atom stereocenters. The minimum absolute atomic E-state index is 0.187. The molecule has 20 heavy (non-hydrogen) atoms. The normalized spacial score (nSPS) is 10.2. The highest BCUT2D eigenvalue weighted by molar-refractivity contribution is 9.10. The van der Waals surface area contributed by atoms with Gasteiger partial charge in [0.15, 0.2) is 0 Å². The summed E-state index contributed by atoms with van der Waals surface area (Å²) < 4.78 is 5.99. The van der Waals surface area contributed by atoms with Gasteiger partial charge in [0.25, 0.3) is 5.91 Å². The van der Waals surface area contributed by atoms with Crippen LogP contribution in [0.5, 0.6) is 5.75 Å². The molecule has 0 saturated heterocycles. The second kappa shape index (κ2) is 5.96. The van der Waals surface area contributed by atoms with Crippen molar-refractivity contribution in [3.8, 4) is 5.75 Å². The molecule has 0 fully saturated rings. The second-order valence-electron chi connectivity index (χ2n) is 4.41. The monoisotopic (exact) mass is 334 g/mol. The van der Waals surface area contributed by atoms with Gasteiger partial charge < -0.3 is 15.8 Å². The Morgan fingerprint density at radius 1 is 1.25 bits per heavy atom. The van der Waals surface area contributed by atoms with Crippen LogP contribution in [-0.2, 0) is 0 Å². The van der Waals surface area contributed by atoms with E-state index in [9.17, 15) is 4.79 Å². The van der Waals surface area contributed by atoms with E-state index in [0.717, 1.165) is 10.0 Å². The van der Waals surface area contributed by atoms with Crippen LogP contribution in [0.4, 0.5) is 11.4 Å². The van der Waals surface area contributed by atoms with E-state index in [0.29, 0.717) is 22.7 Å². The van der Waals surface area contributed by atoms with Crippen molar-refractivity contribution in [3.63, 3.8) is 0 Å². The maximum Gasteiger partial charge on any atom is 0.255 e. The smallest absolute Gasteiger partial charge is 0.255 e. The van der Waals surface area contributed by atoms with Gasteiger partial charge in [-0.1, -0.05) is 15.9 Å². The van der Waals surface area contributed by atoms with Gasteiger partial charge >= 0.3 is 0 Å². The number of benzene rings is 2. The molecule has 5 heteroatoms. The number of carbonyl (C=O) groups is 1. The topological polar surface area (TPSA) is 64.3 Å². The molecule has 2 rings (SSSR count). The summed E-state index contributed by atoms with van der Waals surface area (Å²) in [6.07, 6.45) is 0. The second-order valence-corrected chi connectivity index (χ2v) is 5.32. The van der Waals surface area contributed by atoms with Gasteiger partial charge in [0.2, 0.25) is 0 Å². The highest BCUT2D eigenvalue weighted by Crippen LogP contribution is 2.25. The first kappa shape index (κ1) is 14.4. The van der Waals surface area contributed by atoms with E-state index >= 15 is 0 Å². The molecule has 4 nitrogen and oxygen atoms in total. The Bertz CT molecular complexity index is 656. The van der Waals surface area contributed by atoms with Crippen molar-refractivity contribution in [3.05, 3.63) is 52.0 Å². The lowest BCUT2D eigenvalue weighted by atomic mass is 10.1. The molecule has 0 saturated carbocycles. The van der Waals surface area contributed by atoms with Crippen molar-refractivity contribution in [1.29, 1.82) is 0 Å². The summed E-state index contributed by atoms with van der Waals surface area (Å²) >= 11 is 3.37. The van der Waals surface area contributed by atoms with E-state index in [1.54, 1.807) is 31.4 Å². The molecular formula is C15H15BrN2O2. The van der Waals surface area contributed by atoms with E-state index in [2.05, 4.69) is 21.2 Å². The van der Waals surface area contributed by atoms with Crippen molar-refractivity contribution >= 4 is 33.2 Å². The van der Waals surface area contributed by atoms with E-state index < -0.39 is 0 Å². The number of halogens is 1. The zero-order chi connectivity index (χ0) is 14.7. The number of amides is 1. The number of ether oxygens (including phenoxy) is 1. The number of nitrogen functional groups attached to an aromatic ring is 1. The minimum Gasteiger partial charge on any atom is -0.497 e. The number of methoxy groups -OCH3 is 1. The standard InChI is InChI=1S/C15H15BrN2O2/c1-9-5-10(3-4-14(9)17)15(19)18-12-6-11(16)7-13(8-12)20-2/h3-8H,17H2,1-2H3,(H,18,19). The highest BCUT2D eigenvalue weighted by Gasteiger charge is 2.08. The zero-order valence-corrected chi connectivity index (χ0v) is 12.8. The van der Waals surface area contributed by atoms with Crippen LogP contribution in [0.2, 0.25) is 0 Å². The predicted molar refractivity (Wildman–Crippen MR) is 84.2 cm³/mol. The number of hydrogen-bond donors (Lipinski definition) is 2. The Labute approximate surface area is 126 Å². The summed E-state index contributed by atoms with van der Waals surface area (Å²) in [4.78, 5) is 12.2. The molecule has 1 amide bonds. The Morgan fingerprint density at radius 2 is 2.00 bits per heavy atom. The highest BCUT2D eigenvalue weighted by atomic mass is 79.9. The molecular weight excluding hydrogens is 320 g/mol. The lowest BCUT2D eigenvalue weighted by Crippen LogP contribution is -2.12. The fourth-order valence-corrected chi connectivity index (χ4v) is 2.25. The molecule has 2 aromatic carbocycles. The molecule has 0 aliphatic rings. The summed E-state index contributed by atoms with van der Waals surface area (Å²) in [5.41, 5.74) is 8.52. The number of hydrogen-bond acceptors (Lipinski definition) is 3. The van der Waals surface area contributed by atoms with Crippen molar-refractivity contribution in [2.45, 2.75) is 6.92 Å². The summed E-state index contributed by atoms with van der Waals surface area (Å²) in [7, 11) is 1.58. The Morgan fingerprint density at radius 3 is 2.65 bits per heavy atom. The zero-order valence-electron chi connectivity index (χ0n) is 11.2. The van der Waals surface area contributed by atoms with Crippen LogP contribution in [-0.4, -0.2) is 13.0 Å². The van der Waals surface area contributed by atoms with Crippen molar-refractivity contribution in [2.24, 2.45) is 0 Å². The summed E-state index contributed by atoms with van der Waals surface area (Å²) in [6, 6.07) is 10.6. The number of aryl methyl sites for hydroxylation is 1. The van der Waals surface area contributed by atoms with Crippen LogP contribution < -0.4 is 15.8 Å². The number of nitrogens with two attached hydrogens (primary N) is 1. The molecule has 0 unspecified atom stereocenters. The molecule has 3 N–H and O–H groups in total. The van der Waals surface area contributed by atoms with E-state index in [4.69, 9.17) is 10.5 Å². The average molecular weight is 335 g/mol. The fourth-order valence-electron chi connectivity index (χ4n) is 1.77. The van der Waals surface area contributed by atoms with Gasteiger partial charge in [0.1, 0.15) is 5.75 Å². The Hall–Kier alpha value is -2.01. The van der Waals surface area contributed by atoms with Gasteiger partial charge in [0, 0.05) is 27.5 Å². The van der Waals surface area contributed by atoms with Crippen LogP contribution in [0.25, 0.3) is 0 Å². The molecule has 0 heterocycles. The maximum absolute atomic E-state index is 12.2. The third-order valence-electron chi connectivity index (χ3n) is 2.90. The fraction of sp³-hybridized carbons (Fsp3) is 0.133. The van der Waals surface area contributed by atoms with E-state index in [1.807, 2.05) is 19.1 Å². The van der Waals surface area contributed by atoms with Crippen molar-refractivity contribution < 1.29 is 9.53 Å². The van der Waals surface area contributed by atoms with Gasteiger partial charge in [-0.3, -0.25) is 4.79 Å². The van der Waals surface area contributed by atoms with Crippen LogP contribution in [0.3, 0.4) is 0 Å². The van der Waals surface area contributed by atoms with Gasteiger partial charge in [-0.2, -0.15) is 0 Å². The lowest BCUT2D eigenvalue weighted by molar-refractivity contribution is 0.102. The average Bonchev–Trinajstić information content (AvgIpc) is 2.41. The first-order valence-corrected chi connectivity index (χ1v) is 6.81. The first-order chi connectivity index (χ1) is 9.49. The van der Waals surface area contributed by atoms with Crippen molar-refractivity contribution in [2.75, 3.05) is 18.2 Å². The van der Waals surface area contributed by atoms with Crippen LogP contribution in [0, 0.1) is 6.92 Å². The predicted octanol–water partition coefficient (Wildman–Crippen LogP) is 3.60. The molecule has 0 radical (unpaired) electrons. The molecule has 0 aromatic heterocycles. The summed E-state index contributed by atoms with van der Waals surface area (Å²) in [5, 5.41) is 2.83. The molecule has 2 aromatic rings. The molecule has 0 aliphatic heterocycles. The lowest BCUT2D eigenvalue weighted by Gasteiger charge is -2.09. The summed E-state index contributed by atoms with van der Waals surface area (Å²) in [6.45, 7) is 1.87. The van der Waals surface area contributed by atoms with Gasteiger partial charge in [0.05, 0.1) is 7.11 Å². The van der Waals surface area contributed by atoms with Gasteiger partial charge in [-0.25, -0.2) is 0 Å². The molecule has 0 spiro atoms. The number of carbonyl (C=O) groups excluding carboxylic acids is 1. The number of nitrogens with one attached hydrogen (secondary N) is 1. The van der Waals surface area contributed by atoms with Gasteiger partial charge in [-0.05, 0) is 42.8 Å². The van der Waals surface area contributed by atoms with E-state index in [1.165, 1.54) is 0 Å². The number of anilines is 2. The van der Waals surface area contributed by atoms with Crippen LogP contribution in [0.15, 0.2) is 40.9 Å². The van der Waals surface area contributed by atoms with Crippen LogP contribution >= 0.6 is 15.9 Å². The third kappa shape index (κ3) is 3.30. The quantitative estimate of drug-likeness (QED) is 0.843. The first-order valence-electron chi connectivity index (χ1n) is 6.01.